The molecule has 1 N–H and O–H groups in total. The number of rotatable bonds is 8. The third-order valence-electron chi connectivity index (χ3n) is 3.78. The Bertz CT molecular complexity index is 728. The number of para-hydroxylation sites is 1. The fraction of sp³-hybridized carbons (Fsp3) is 0.381. The van der Waals surface area contributed by atoms with Crippen LogP contribution in [0, 0.1) is 0 Å². The van der Waals surface area contributed by atoms with Crippen LogP contribution in [0.5, 0.6) is 5.75 Å². The van der Waals surface area contributed by atoms with Crippen molar-refractivity contribution in [2.75, 3.05) is 18.9 Å². The highest BCUT2D eigenvalue weighted by molar-refractivity contribution is 7.98. The van der Waals surface area contributed by atoms with Crippen molar-refractivity contribution in [1.82, 2.24) is 5.32 Å². The zero-order chi connectivity index (χ0) is 19.0. The molecule has 0 saturated heterocycles. The summed E-state index contributed by atoms with van der Waals surface area (Å²) in [5, 5.41) is 3.65. The maximum absolute atomic E-state index is 12.0. The van der Waals surface area contributed by atoms with Gasteiger partial charge in [0.15, 0.2) is 6.61 Å². The quantitative estimate of drug-likeness (QED) is 0.638. The van der Waals surface area contributed by atoms with Crippen LogP contribution in [-0.4, -0.2) is 24.8 Å². The number of carbonyl (C=O) groups excluding carboxylic acids is 1. The van der Waals surface area contributed by atoms with Gasteiger partial charge in [0.2, 0.25) is 0 Å². The first kappa shape index (κ1) is 20.7. The van der Waals surface area contributed by atoms with E-state index in [1.54, 1.807) is 11.8 Å². The van der Waals surface area contributed by atoms with Gasteiger partial charge < -0.3 is 10.1 Å². The van der Waals surface area contributed by atoms with Crippen molar-refractivity contribution in [3.05, 3.63) is 64.7 Å². The van der Waals surface area contributed by atoms with Crippen LogP contribution in [0.2, 0.25) is 5.02 Å². The lowest BCUT2D eigenvalue weighted by Gasteiger charge is -2.22. The number of hydrogen-bond acceptors (Lipinski definition) is 3. The SMILES string of the molecule is CC(C)(C)c1ccccc1OCC(=O)NCCSCc1cccc(Cl)c1. The molecular weight excluding hydrogens is 366 g/mol. The number of thioether (sulfide) groups is 1. The van der Waals surface area contributed by atoms with Gasteiger partial charge in [0.05, 0.1) is 0 Å². The Hall–Kier alpha value is -1.65. The molecule has 0 atom stereocenters. The molecule has 2 aromatic rings. The molecule has 0 heterocycles. The van der Waals surface area contributed by atoms with Crippen molar-refractivity contribution in [2.24, 2.45) is 0 Å². The lowest BCUT2D eigenvalue weighted by atomic mass is 9.86. The van der Waals surface area contributed by atoms with Crippen LogP contribution in [0.3, 0.4) is 0 Å². The van der Waals surface area contributed by atoms with E-state index >= 15 is 0 Å². The number of nitrogens with one attached hydrogen (secondary N) is 1. The molecule has 0 bridgehead atoms. The normalized spacial score (nSPS) is 11.2. The van der Waals surface area contributed by atoms with Crippen LogP contribution in [0.25, 0.3) is 0 Å². The van der Waals surface area contributed by atoms with E-state index < -0.39 is 0 Å². The zero-order valence-corrected chi connectivity index (χ0v) is 17.1. The van der Waals surface area contributed by atoms with Crippen LogP contribution >= 0.6 is 23.4 Å². The van der Waals surface area contributed by atoms with Crippen molar-refractivity contribution >= 4 is 29.3 Å². The highest BCUT2D eigenvalue weighted by atomic mass is 35.5. The molecule has 2 rings (SSSR count). The van der Waals surface area contributed by atoms with Crippen molar-refractivity contribution < 1.29 is 9.53 Å². The Labute approximate surface area is 165 Å². The Morgan fingerprint density at radius 1 is 1.15 bits per heavy atom. The average molecular weight is 392 g/mol. The molecule has 140 valence electrons. The molecular formula is C21H26ClNO2S. The van der Waals surface area contributed by atoms with Crippen LogP contribution in [-0.2, 0) is 16.0 Å². The van der Waals surface area contributed by atoms with Gasteiger partial charge in [0, 0.05) is 23.1 Å². The Kier molecular flexibility index (Phi) is 7.85. The first-order valence-corrected chi connectivity index (χ1v) is 10.2. The van der Waals surface area contributed by atoms with E-state index in [0.717, 1.165) is 27.8 Å². The van der Waals surface area contributed by atoms with E-state index in [9.17, 15) is 4.79 Å². The summed E-state index contributed by atoms with van der Waals surface area (Å²) in [4.78, 5) is 12.0. The van der Waals surface area contributed by atoms with Gasteiger partial charge in [-0.15, -0.1) is 0 Å². The first-order valence-electron chi connectivity index (χ1n) is 8.67. The monoisotopic (exact) mass is 391 g/mol. The molecule has 0 unspecified atom stereocenters. The minimum atomic E-state index is -0.0999. The van der Waals surface area contributed by atoms with Gasteiger partial charge in [-0.1, -0.05) is 62.7 Å². The second-order valence-corrected chi connectivity index (χ2v) is 8.61. The summed E-state index contributed by atoms with van der Waals surface area (Å²) in [6.07, 6.45) is 0. The number of benzene rings is 2. The van der Waals surface area contributed by atoms with Crippen molar-refractivity contribution in [3.63, 3.8) is 0 Å². The summed E-state index contributed by atoms with van der Waals surface area (Å²) in [6, 6.07) is 15.7. The molecule has 0 aliphatic rings. The van der Waals surface area contributed by atoms with Crippen LogP contribution < -0.4 is 10.1 Å². The van der Waals surface area contributed by atoms with E-state index in [1.807, 2.05) is 42.5 Å². The molecule has 2 aromatic carbocycles. The number of ether oxygens (including phenoxy) is 1. The molecule has 1 amide bonds. The number of halogens is 1. The first-order chi connectivity index (χ1) is 12.4. The minimum Gasteiger partial charge on any atom is -0.483 e. The largest absolute Gasteiger partial charge is 0.483 e. The Balaban J connectivity index is 1.68. The minimum absolute atomic E-state index is 0.0238. The van der Waals surface area contributed by atoms with E-state index in [1.165, 1.54) is 5.56 Å². The fourth-order valence-electron chi connectivity index (χ4n) is 2.49. The molecule has 0 aliphatic heterocycles. The number of amides is 1. The van der Waals surface area contributed by atoms with Gasteiger partial charge in [-0.3, -0.25) is 4.79 Å². The summed E-state index contributed by atoms with van der Waals surface area (Å²) in [6.45, 7) is 7.05. The molecule has 0 radical (unpaired) electrons. The maximum Gasteiger partial charge on any atom is 0.257 e. The second kappa shape index (κ2) is 9.89. The second-order valence-electron chi connectivity index (χ2n) is 7.07. The van der Waals surface area contributed by atoms with Gasteiger partial charge in [0.25, 0.3) is 5.91 Å². The molecule has 5 heteroatoms. The lowest BCUT2D eigenvalue weighted by molar-refractivity contribution is -0.122. The van der Waals surface area contributed by atoms with Crippen molar-refractivity contribution in [1.29, 1.82) is 0 Å². The van der Waals surface area contributed by atoms with E-state index in [2.05, 4.69) is 32.2 Å². The van der Waals surface area contributed by atoms with Crippen LogP contribution in [0.4, 0.5) is 0 Å². The number of hydrogen-bond donors (Lipinski definition) is 1. The molecule has 0 aromatic heterocycles. The fourth-order valence-corrected chi connectivity index (χ4v) is 3.50. The van der Waals surface area contributed by atoms with E-state index in [4.69, 9.17) is 16.3 Å². The molecule has 26 heavy (non-hydrogen) atoms. The summed E-state index contributed by atoms with van der Waals surface area (Å²) < 4.78 is 5.73. The summed E-state index contributed by atoms with van der Waals surface area (Å²) >= 11 is 7.73. The lowest BCUT2D eigenvalue weighted by Crippen LogP contribution is -2.31. The number of carbonyl (C=O) groups is 1. The third-order valence-corrected chi connectivity index (χ3v) is 5.05. The van der Waals surface area contributed by atoms with Crippen LogP contribution in [0.15, 0.2) is 48.5 Å². The van der Waals surface area contributed by atoms with Crippen molar-refractivity contribution in [3.8, 4) is 5.75 Å². The Morgan fingerprint density at radius 3 is 2.65 bits per heavy atom. The predicted octanol–water partition coefficient (Wildman–Crippen LogP) is 5.07. The van der Waals surface area contributed by atoms with E-state index in [-0.39, 0.29) is 17.9 Å². The van der Waals surface area contributed by atoms with Crippen molar-refractivity contribution in [2.45, 2.75) is 31.9 Å². The third kappa shape index (κ3) is 6.93. The summed E-state index contributed by atoms with van der Waals surface area (Å²) in [7, 11) is 0. The topological polar surface area (TPSA) is 38.3 Å². The highest BCUT2D eigenvalue weighted by Gasteiger charge is 2.18. The van der Waals surface area contributed by atoms with Gasteiger partial charge in [-0.2, -0.15) is 11.8 Å². The molecule has 0 spiro atoms. The van der Waals surface area contributed by atoms with Gasteiger partial charge in [0.1, 0.15) is 5.75 Å². The van der Waals surface area contributed by atoms with E-state index in [0.29, 0.717) is 6.54 Å². The smallest absolute Gasteiger partial charge is 0.257 e. The molecule has 0 aliphatic carbocycles. The van der Waals surface area contributed by atoms with Gasteiger partial charge >= 0.3 is 0 Å². The molecule has 3 nitrogen and oxygen atoms in total. The predicted molar refractivity (Wildman–Crippen MR) is 111 cm³/mol. The summed E-state index contributed by atoms with van der Waals surface area (Å²) in [5.41, 5.74) is 2.27. The highest BCUT2D eigenvalue weighted by Crippen LogP contribution is 2.30. The molecule has 0 saturated carbocycles. The standard InChI is InChI=1S/C21H26ClNO2S/c1-21(2,3)18-9-4-5-10-19(18)25-14-20(24)23-11-12-26-15-16-7-6-8-17(22)13-16/h4-10,13H,11-12,14-15H2,1-3H3,(H,23,24). The molecule has 0 fully saturated rings. The zero-order valence-electron chi connectivity index (χ0n) is 15.5. The van der Waals surface area contributed by atoms with Gasteiger partial charge in [-0.25, -0.2) is 0 Å². The summed E-state index contributed by atoms with van der Waals surface area (Å²) in [5.74, 6) is 2.39. The maximum atomic E-state index is 12.0. The van der Waals surface area contributed by atoms with Gasteiger partial charge in [-0.05, 0) is 34.7 Å². The van der Waals surface area contributed by atoms with Crippen LogP contribution in [0.1, 0.15) is 31.9 Å². The Morgan fingerprint density at radius 2 is 1.92 bits per heavy atom. The average Bonchev–Trinajstić information content (AvgIpc) is 2.59.